The van der Waals surface area contributed by atoms with Crippen molar-refractivity contribution in [2.45, 2.75) is 13.3 Å². The number of ketones is 1. The molecule has 0 bridgehead atoms. The Morgan fingerprint density at radius 1 is 1.10 bits per heavy atom. The number of hydrogen-bond donors (Lipinski definition) is 0. The third kappa shape index (κ3) is 1.99. The fourth-order valence-electron chi connectivity index (χ4n) is 2.50. The molecular formula is C16H14N2O2. The van der Waals surface area contributed by atoms with E-state index in [0.717, 1.165) is 22.4 Å². The van der Waals surface area contributed by atoms with E-state index in [2.05, 4.69) is 4.98 Å². The van der Waals surface area contributed by atoms with Gasteiger partial charge in [0.2, 0.25) is 5.78 Å². The molecule has 2 aromatic rings. The predicted octanol–water partition coefficient (Wildman–Crippen LogP) is 2.36. The summed E-state index contributed by atoms with van der Waals surface area (Å²) in [4.78, 5) is 29.0. The molecule has 0 aliphatic carbocycles. The summed E-state index contributed by atoms with van der Waals surface area (Å²) in [6.45, 7) is 2.40. The van der Waals surface area contributed by atoms with Crippen LogP contribution in [0.5, 0.6) is 0 Å². The van der Waals surface area contributed by atoms with Crippen LogP contribution in [0.25, 0.3) is 11.1 Å². The van der Waals surface area contributed by atoms with Crippen molar-refractivity contribution in [2.24, 2.45) is 0 Å². The van der Waals surface area contributed by atoms with Gasteiger partial charge in [-0.15, -0.1) is 0 Å². The number of rotatable bonds is 2. The topological polar surface area (TPSA) is 50.3 Å². The summed E-state index contributed by atoms with van der Waals surface area (Å²) in [5.41, 5.74) is 3.73. The van der Waals surface area contributed by atoms with Crippen LogP contribution < -0.4 is 4.90 Å². The molecule has 1 aromatic heterocycles. The van der Waals surface area contributed by atoms with Gasteiger partial charge in [-0.2, -0.15) is 0 Å². The lowest BCUT2D eigenvalue weighted by atomic mass is 10.0. The first-order chi connectivity index (χ1) is 9.68. The summed E-state index contributed by atoms with van der Waals surface area (Å²) in [5.74, 6) is -0.755. The van der Waals surface area contributed by atoms with E-state index in [4.69, 9.17) is 0 Å². The highest BCUT2D eigenvalue weighted by Gasteiger charge is 2.31. The van der Waals surface area contributed by atoms with Gasteiger partial charge < -0.3 is 4.90 Å². The van der Waals surface area contributed by atoms with E-state index in [0.29, 0.717) is 6.54 Å². The van der Waals surface area contributed by atoms with E-state index in [9.17, 15) is 9.59 Å². The van der Waals surface area contributed by atoms with Crippen molar-refractivity contribution < 1.29 is 9.59 Å². The first-order valence-corrected chi connectivity index (χ1v) is 6.53. The second-order valence-electron chi connectivity index (χ2n) is 4.83. The molecule has 4 heteroatoms. The third-order valence-corrected chi connectivity index (χ3v) is 3.61. The lowest BCUT2D eigenvalue weighted by molar-refractivity contribution is -0.133. The number of carbonyl (C=O) groups is 2. The van der Waals surface area contributed by atoms with E-state index < -0.39 is 5.91 Å². The summed E-state index contributed by atoms with van der Waals surface area (Å²) < 4.78 is 0. The van der Waals surface area contributed by atoms with Crippen molar-refractivity contribution in [3.05, 3.63) is 48.3 Å². The monoisotopic (exact) mass is 266 g/mol. The number of aromatic nitrogens is 1. The number of benzene rings is 1. The van der Waals surface area contributed by atoms with Crippen LogP contribution in [0.1, 0.15) is 12.0 Å². The normalized spacial score (nSPS) is 14.9. The Labute approximate surface area is 117 Å². The number of amides is 1. The van der Waals surface area contributed by atoms with Crippen LogP contribution in [0.3, 0.4) is 0 Å². The summed E-state index contributed by atoms with van der Waals surface area (Å²) in [7, 11) is 0. The average molecular weight is 266 g/mol. The predicted molar refractivity (Wildman–Crippen MR) is 76.4 cm³/mol. The molecule has 0 unspecified atom stereocenters. The maximum Gasteiger partial charge on any atom is 0.294 e. The maximum atomic E-state index is 11.9. The van der Waals surface area contributed by atoms with Gasteiger partial charge >= 0.3 is 0 Å². The van der Waals surface area contributed by atoms with Crippen LogP contribution in [0, 0.1) is 6.92 Å². The molecule has 1 aliphatic rings. The zero-order valence-electron chi connectivity index (χ0n) is 11.2. The highest BCUT2D eigenvalue weighted by Crippen LogP contribution is 2.30. The fraction of sp³-hybridized carbons (Fsp3) is 0.188. The van der Waals surface area contributed by atoms with Gasteiger partial charge in [0.1, 0.15) is 0 Å². The fourth-order valence-corrected chi connectivity index (χ4v) is 2.50. The van der Waals surface area contributed by atoms with Gasteiger partial charge in [0.05, 0.1) is 11.9 Å². The molecule has 1 aliphatic heterocycles. The SMILES string of the molecule is Cc1c(-c2ccccc2)cncc1N1CCC(=O)C1=O. The third-order valence-electron chi connectivity index (χ3n) is 3.61. The zero-order valence-corrected chi connectivity index (χ0v) is 11.2. The van der Waals surface area contributed by atoms with Crippen LogP contribution in [-0.2, 0) is 9.59 Å². The van der Waals surface area contributed by atoms with Gasteiger partial charge in [0.25, 0.3) is 5.91 Å². The summed E-state index contributed by atoms with van der Waals surface area (Å²) in [5, 5.41) is 0. The van der Waals surface area contributed by atoms with Crippen LogP contribution in [0.15, 0.2) is 42.7 Å². The Morgan fingerprint density at radius 2 is 1.85 bits per heavy atom. The van der Waals surface area contributed by atoms with Crippen molar-refractivity contribution in [1.29, 1.82) is 0 Å². The Balaban J connectivity index is 2.07. The van der Waals surface area contributed by atoms with Crippen LogP contribution in [-0.4, -0.2) is 23.2 Å². The molecule has 0 spiro atoms. The lowest BCUT2D eigenvalue weighted by Crippen LogP contribution is -2.27. The average Bonchev–Trinajstić information content (AvgIpc) is 2.80. The Morgan fingerprint density at radius 3 is 2.50 bits per heavy atom. The quantitative estimate of drug-likeness (QED) is 0.784. The molecule has 1 fully saturated rings. The molecule has 0 atom stereocenters. The standard InChI is InChI=1S/C16H14N2O2/c1-11-13(12-5-3-2-4-6-12)9-17-10-14(11)18-8-7-15(19)16(18)20/h2-6,9-10H,7-8H2,1H3. The molecule has 0 N–H and O–H groups in total. The van der Waals surface area contributed by atoms with E-state index in [1.54, 1.807) is 12.4 Å². The number of anilines is 1. The van der Waals surface area contributed by atoms with Crippen molar-refractivity contribution >= 4 is 17.4 Å². The van der Waals surface area contributed by atoms with Crippen LogP contribution in [0.2, 0.25) is 0 Å². The molecule has 20 heavy (non-hydrogen) atoms. The largest absolute Gasteiger partial charge is 0.304 e. The minimum absolute atomic E-state index is 0.286. The summed E-state index contributed by atoms with van der Waals surface area (Å²) in [6, 6.07) is 9.90. The second kappa shape index (κ2) is 4.89. The molecule has 3 rings (SSSR count). The number of Topliss-reactive ketones (excluding diaryl/α,β-unsaturated/α-hetero) is 1. The molecule has 4 nitrogen and oxygen atoms in total. The van der Waals surface area contributed by atoms with Crippen molar-refractivity contribution in [3.63, 3.8) is 0 Å². The van der Waals surface area contributed by atoms with Gasteiger partial charge in [0.15, 0.2) is 0 Å². The Hall–Kier alpha value is -2.49. The number of nitrogens with zero attached hydrogens (tertiary/aromatic N) is 2. The van der Waals surface area contributed by atoms with E-state index in [-0.39, 0.29) is 12.2 Å². The molecule has 1 saturated heterocycles. The van der Waals surface area contributed by atoms with E-state index >= 15 is 0 Å². The first-order valence-electron chi connectivity index (χ1n) is 6.53. The number of hydrogen-bond acceptors (Lipinski definition) is 3. The van der Waals surface area contributed by atoms with Crippen molar-refractivity contribution in [1.82, 2.24) is 4.98 Å². The highest BCUT2D eigenvalue weighted by atomic mass is 16.2. The molecule has 1 amide bonds. The molecule has 1 aromatic carbocycles. The van der Waals surface area contributed by atoms with Gasteiger partial charge in [0, 0.05) is 24.7 Å². The van der Waals surface area contributed by atoms with Crippen molar-refractivity contribution in [3.8, 4) is 11.1 Å². The second-order valence-corrected chi connectivity index (χ2v) is 4.83. The molecule has 100 valence electrons. The smallest absolute Gasteiger partial charge is 0.294 e. The summed E-state index contributed by atoms with van der Waals surface area (Å²) >= 11 is 0. The molecular weight excluding hydrogens is 252 g/mol. The first kappa shape index (κ1) is 12.5. The zero-order chi connectivity index (χ0) is 14.1. The molecule has 2 heterocycles. The lowest BCUT2D eigenvalue weighted by Gasteiger charge is -2.19. The van der Waals surface area contributed by atoms with Crippen LogP contribution in [0.4, 0.5) is 5.69 Å². The Bertz CT molecular complexity index is 680. The summed E-state index contributed by atoms with van der Waals surface area (Å²) in [6.07, 6.45) is 3.72. The van der Waals surface area contributed by atoms with Crippen LogP contribution >= 0.6 is 0 Å². The minimum Gasteiger partial charge on any atom is -0.304 e. The molecule has 0 radical (unpaired) electrons. The van der Waals surface area contributed by atoms with Gasteiger partial charge in [-0.25, -0.2) is 0 Å². The number of pyridine rings is 1. The number of carbonyl (C=O) groups excluding carboxylic acids is 2. The maximum absolute atomic E-state index is 11.9. The van der Waals surface area contributed by atoms with E-state index in [1.807, 2.05) is 37.3 Å². The molecule has 0 saturated carbocycles. The Kier molecular flexibility index (Phi) is 3.06. The van der Waals surface area contributed by atoms with Gasteiger partial charge in [-0.3, -0.25) is 14.6 Å². The van der Waals surface area contributed by atoms with Gasteiger partial charge in [-0.1, -0.05) is 30.3 Å². The van der Waals surface area contributed by atoms with Gasteiger partial charge in [-0.05, 0) is 18.1 Å². The van der Waals surface area contributed by atoms with Crippen molar-refractivity contribution in [2.75, 3.05) is 11.4 Å². The minimum atomic E-state index is -0.430. The highest BCUT2D eigenvalue weighted by molar-refractivity contribution is 6.43. The van der Waals surface area contributed by atoms with E-state index in [1.165, 1.54) is 4.90 Å².